The molecular formula is C14H14N4O4S. The Labute approximate surface area is 134 Å². The minimum atomic E-state index is -0.609. The zero-order chi connectivity index (χ0) is 16.6. The molecule has 0 aliphatic rings. The summed E-state index contributed by atoms with van der Waals surface area (Å²) >= 11 is 1.39. The van der Waals surface area contributed by atoms with Gasteiger partial charge in [-0.2, -0.15) is 14.5 Å². The second kappa shape index (κ2) is 5.84. The number of aromatic amines is 1. The fourth-order valence-electron chi connectivity index (χ4n) is 2.12. The van der Waals surface area contributed by atoms with Gasteiger partial charge in [-0.3, -0.25) is 9.78 Å². The molecule has 0 amide bonds. The van der Waals surface area contributed by atoms with Gasteiger partial charge in [0, 0.05) is 4.88 Å². The molecule has 0 radical (unpaired) electrons. The lowest BCUT2D eigenvalue weighted by molar-refractivity contribution is 0.370. The highest BCUT2D eigenvalue weighted by Crippen LogP contribution is 2.21. The van der Waals surface area contributed by atoms with E-state index in [0.29, 0.717) is 10.2 Å². The molecule has 3 aromatic heterocycles. The number of hydrogen-bond acceptors (Lipinski definition) is 7. The van der Waals surface area contributed by atoms with E-state index in [0.717, 1.165) is 15.9 Å². The predicted octanol–water partition coefficient (Wildman–Crippen LogP) is 1.11. The molecule has 0 saturated carbocycles. The molecule has 0 atom stereocenters. The van der Waals surface area contributed by atoms with Crippen molar-refractivity contribution in [1.82, 2.24) is 19.5 Å². The lowest BCUT2D eigenvalue weighted by atomic mass is 10.3. The molecule has 0 spiro atoms. The average molecular weight is 334 g/mol. The third-order valence-corrected chi connectivity index (χ3v) is 4.47. The van der Waals surface area contributed by atoms with Crippen LogP contribution in [0.15, 0.2) is 21.7 Å². The molecule has 0 saturated heterocycles. The van der Waals surface area contributed by atoms with Gasteiger partial charge in [0.05, 0.1) is 25.7 Å². The standard InChI is InChI=1S/C14H14N4O4S/c1-4-7-5-8-11(23-7)17-14(20)18(12(8)19)13-15-9(21-2)6-10(16-13)22-3/h5-6H,4H2,1-3H3,(H,17,20). The van der Waals surface area contributed by atoms with Crippen LogP contribution in [0.1, 0.15) is 11.8 Å². The van der Waals surface area contributed by atoms with Gasteiger partial charge in [-0.05, 0) is 12.5 Å². The first-order chi connectivity index (χ1) is 11.1. The van der Waals surface area contributed by atoms with E-state index >= 15 is 0 Å². The van der Waals surface area contributed by atoms with Crippen LogP contribution in [0.5, 0.6) is 11.8 Å². The molecule has 120 valence electrons. The van der Waals surface area contributed by atoms with E-state index in [4.69, 9.17) is 9.47 Å². The molecule has 3 rings (SSSR count). The number of rotatable bonds is 4. The smallest absolute Gasteiger partial charge is 0.336 e. The first-order valence-corrected chi connectivity index (χ1v) is 7.64. The molecule has 0 aliphatic carbocycles. The molecule has 3 aromatic rings. The van der Waals surface area contributed by atoms with Crippen LogP contribution < -0.4 is 20.7 Å². The van der Waals surface area contributed by atoms with E-state index in [2.05, 4.69) is 15.0 Å². The lowest BCUT2D eigenvalue weighted by Crippen LogP contribution is -2.34. The zero-order valence-corrected chi connectivity index (χ0v) is 13.6. The van der Waals surface area contributed by atoms with E-state index in [9.17, 15) is 9.59 Å². The Balaban J connectivity index is 2.32. The molecule has 1 N–H and O–H groups in total. The summed E-state index contributed by atoms with van der Waals surface area (Å²) in [7, 11) is 2.85. The number of hydrogen-bond donors (Lipinski definition) is 1. The number of H-pyrrole nitrogens is 1. The number of nitrogens with one attached hydrogen (secondary N) is 1. The van der Waals surface area contributed by atoms with Crippen molar-refractivity contribution in [2.24, 2.45) is 0 Å². The Bertz CT molecular complexity index is 966. The van der Waals surface area contributed by atoms with Crippen LogP contribution in [0.3, 0.4) is 0 Å². The average Bonchev–Trinajstić information content (AvgIpc) is 2.97. The van der Waals surface area contributed by atoms with Crippen LogP contribution in [0.2, 0.25) is 0 Å². The SMILES string of the molecule is CCc1cc2c(=O)n(-c3nc(OC)cc(OC)n3)c(=O)[nH]c2s1. The highest BCUT2D eigenvalue weighted by atomic mass is 32.1. The molecule has 0 unspecified atom stereocenters. The molecule has 0 bridgehead atoms. The maximum atomic E-state index is 12.7. The van der Waals surface area contributed by atoms with E-state index in [1.165, 1.54) is 31.6 Å². The van der Waals surface area contributed by atoms with E-state index < -0.39 is 11.2 Å². The summed E-state index contributed by atoms with van der Waals surface area (Å²) in [4.78, 5) is 37.3. The van der Waals surface area contributed by atoms with E-state index in [1.807, 2.05) is 6.92 Å². The Morgan fingerprint density at radius 1 is 1.17 bits per heavy atom. The van der Waals surface area contributed by atoms with Crippen molar-refractivity contribution in [2.45, 2.75) is 13.3 Å². The molecule has 23 heavy (non-hydrogen) atoms. The molecule has 0 fully saturated rings. The van der Waals surface area contributed by atoms with Gasteiger partial charge in [0.2, 0.25) is 17.7 Å². The van der Waals surface area contributed by atoms with Crippen molar-refractivity contribution >= 4 is 21.6 Å². The number of nitrogens with zero attached hydrogens (tertiary/aromatic N) is 3. The fraction of sp³-hybridized carbons (Fsp3) is 0.286. The number of fused-ring (bicyclic) bond motifs is 1. The topological polar surface area (TPSA) is 99.1 Å². The highest BCUT2D eigenvalue weighted by molar-refractivity contribution is 7.18. The molecule has 0 aliphatic heterocycles. The third kappa shape index (κ3) is 2.59. The number of aromatic nitrogens is 4. The Hall–Kier alpha value is -2.68. The molecule has 3 heterocycles. The maximum absolute atomic E-state index is 12.7. The normalized spacial score (nSPS) is 10.9. The number of ether oxygens (including phenoxy) is 2. The van der Waals surface area contributed by atoms with Crippen LogP contribution in [0.4, 0.5) is 0 Å². The number of aryl methyl sites for hydroxylation is 1. The van der Waals surface area contributed by atoms with Crippen molar-refractivity contribution < 1.29 is 9.47 Å². The third-order valence-electron chi connectivity index (χ3n) is 3.27. The second-order valence-electron chi connectivity index (χ2n) is 4.63. The molecule has 0 aromatic carbocycles. The van der Waals surface area contributed by atoms with Gasteiger partial charge in [-0.25, -0.2) is 4.79 Å². The summed E-state index contributed by atoms with van der Waals surface area (Å²) in [6.45, 7) is 1.98. The van der Waals surface area contributed by atoms with Gasteiger partial charge in [0.25, 0.3) is 5.56 Å². The van der Waals surface area contributed by atoms with E-state index in [-0.39, 0.29) is 17.7 Å². The summed E-state index contributed by atoms with van der Waals surface area (Å²) in [6.07, 6.45) is 0.782. The highest BCUT2D eigenvalue weighted by Gasteiger charge is 2.16. The Kier molecular flexibility index (Phi) is 3.87. The Morgan fingerprint density at radius 3 is 2.39 bits per heavy atom. The van der Waals surface area contributed by atoms with Gasteiger partial charge >= 0.3 is 5.69 Å². The monoisotopic (exact) mass is 334 g/mol. The van der Waals surface area contributed by atoms with Gasteiger partial charge < -0.3 is 9.47 Å². The van der Waals surface area contributed by atoms with Gasteiger partial charge in [0.1, 0.15) is 4.83 Å². The van der Waals surface area contributed by atoms with Crippen LogP contribution in [0, 0.1) is 0 Å². The Morgan fingerprint density at radius 2 is 1.83 bits per heavy atom. The van der Waals surface area contributed by atoms with Crippen molar-refractivity contribution in [3.8, 4) is 17.7 Å². The molecule has 8 nitrogen and oxygen atoms in total. The molecule has 9 heteroatoms. The lowest BCUT2D eigenvalue weighted by Gasteiger charge is -2.07. The van der Waals surface area contributed by atoms with Crippen molar-refractivity contribution in [3.05, 3.63) is 37.8 Å². The number of methoxy groups -OCH3 is 2. The predicted molar refractivity (Wildman–Crippen MR) is 86.1 cm³/mol. The first kappa shape index (κ1) is 15.2. The summed E-state index contributed by atoms with van der Waals surface area (Å²) in [5.74, 6) is 0.286. The minimum Gasteiger partial charge on any atom is -0.481 e. The zero-order valence-electron chi connectivity index (χ0n) is 12.7. The quantitative estimate of drug-likeness (QED) is 0.767. The number of thiophene rings is 1. The summed E-state index contributed by atoms with van der Waals surface area (Å²) < 4.78 is 11.0. The summed E-state index contributed by atoms with van der Waals surface area (Å²) in [5, 5.41) is 0.428. The van der Waals surface area contributed by atoms with E-state index in [1.54, 1.807) is 6.07 Å². The van der Waals surface area contributed by atoms with Crippen LogP contribution >= 0.6 is 11.3 Å². The van der Waals surface area contributed by atoms with Crippen molar-refractivity contribution in [2.75, 3.05) is 14.2 Å². The maximum Gasteiger partial charge on any atom is 0.336 e. The van der Waals surface area contributed by atoms with Gasteiger partial charge in [-0.1, -0.05) is 6.92 Å². The minimum absolute atomic E-state index is 0.0985. The van der Waals surface area contributed by atoms with Crippen molar-refractivity contribution in [1.29, 1.82) is 0 Å². The first-order valence-electron chi connectivity index (χ1n) is 6.82. The van der Waals surface area contributed by atoms with Gasteiger partial charge in [0.15, 0.2) is 0 Å². The summed E-state index contributed by atoms with van der Waals surface area (Å²) in [6, 6.07) is 3.23. The van der Waals surface area contributed by atoms with Crippen LogP contribution in [0.25, 0.3) is 16.2 Å². The molecular weight excluding hydrogens is 320 g/mol. The van der Waals surface area contributed by atoms with Crippen LogP contribution in [-0.2, 0) is 6.42 Å². The van der Waals surface area contributed by atoms with Gasteiger partial charge in [-0.15, -0.1) is 11.3 Å². The van der Waals surface area contributed by atoms with Crippen LogP contribution in [-0.4, -0.2) is 33.7 Å². The second-order valence-corrected chi connectivity index (χ2v) is 5.77. The van der Waals surface area contributed by atoms with Crippen molar-refractivity contribution in [3.63, 3.8) is 0 Å². The summed E-state index contributed by atoms with van der Waals surface area (Å²) in [5.41, 5.74) is -1.09. The largest absolute Gasteiger partial charge is 0.481 e. The fourth-order valence-corrected chi connectivity index (χ4v) is 3.09.